The van der Waals surface area contributed by atoms with Crippen LogP contribution in [0.1, 0.15) is 26.2 Å². The van der Waals surface area contributed by atoms with Gasteiger partial charge in [0.05, 0.1) is 5.92 Å². The molecule has 2 unspecified atom stereocenters. The molecule has 3 N–H and O–H groups in total. The molecule has 4 amide bonds. The van der Waals surface area contributed by atoms with Crippen molar-refractivity contribution in [1.82, 2.24) is 10.6 Å². The maximum atomic E-state index is 12.4. The van der Waals surface area contributed by atoms with Gasteiger partial charge < -0.3 is 10.6 Å². The van der Waals surface area contributed by atoms with Gasteiger partial charge in [0.25, 0.3) is 0 Å². The van der Waals surface area contributed by atoms with Crippen LogP contribution in [-0.4, -0.2) is 37.0 Å². The van der Waals surface area contributed by atoms with Gasteiger partial charge in [0.2, 0.25) is 11.8 Å². The van der Waals surface area contributed by atoms with E-state index in [1.807, 2.05) is 0 Å². The predicted molar refractivity (Wildman–Crippen MR) is 90.8 cm³/mol. The van der Waals surface area contributed by atoms with Crippen LogP contribution in [0, 0.1) is 5.92 Å². The smallest absolute Gasteiger partial charge is 0.326 e. The number of carbonyl (C=O) groups excluding carboxylic acids is 3. The zero-order valence-electron chi connectivity index (χ0n) is 13.7. The first-order valence-electron chi connectivity index (χ1n) is 8.34. The molecule has 2 fully saturated rings. The van der Waals surface area contributed by atoms with E-state index in [-0.39, 0.29) is 30.2 Å². The topological polar surface area (TPSA) is 90.5 Å². The fourth-order valence-electron chi connectivity index (χ4n) is 3.28. The largest absolute Gasteiger partial charge is 0.328 e. The summed E-state index contributed by atoms with van der Waals surface area (Å²) < 4.78 is 0. The number of rotatable bonds is 4. The lowest BCUT2D eigenvalue weighted by Crippen LogP contribution is -2.49. The maximum Gasteiger partial charge on any atom is 0.328 e. The normalized spacial score (nSPS) is 24.0. The number of hydrogen-bond acceptors (Lipinski definition) is 4. The molecule has 2 aliphatic rings. The number of carbonyl (C=O) groups is 3. The van der Waals surface area contributed by atoms with Crippen LogP contribution in [0.25, 0.3) is 0 Å². The van der Waals surface area contributed by atoms with Crippen LogP contribution in [0.5, 0.6) is 0 Å². The Kier molecular flexibility index (Phi) is 4.80. The first kappa shape index (κ1) is 16.4. The lowest BCUT2D eigenvalue weighted by atomic mass is 9.97. The van der Waals surface area contributed by atoms with E-state index in [4.69, 9.17) is 0 Å². The molecule has 0 spiro atoms. The molecular weight excluding hydrogens is 308 g/mol. The monoisotopic (exact) mass is 330 g/mol. The van der Waals surface area contributed by atoms with Gasteiger partial charge in [-0.3, -0.25) is 19.8 Å². The van der Waals surface area contributed by atoms with Gasteiger partial charge in [-0.1, -0.05) is 6.92 Å². The number of imide groups is 1. The number of amides is 4. The zero-order chi connectivity index (χ0) is 17.1. The summed E-state index contributed by atoms with van der Waals surface area (Å²) in [4.78, 5) is 36.9. The molecule has 128 valence electrons. The molecule has 0 bridgehead atoms. The molecule has 0 radical (unpaired) electrons. The minimum absolute atomic E-state index is 0.00596. The third-order valence-corrected chi connectivity index (χ3v) is 4.62. The van der Waals surface area contributed by atoms with E-state index in [1.54, 1.807) is 24.3 Å². The molecule has 2 heterocycles. The summed E-state index contributed by atoms with van der Waals surface area (Å²) in [5.41, 5.74) is 1.41. The first-order chi connectivity index (χ1) is 11.6. The number of hydrogen-bond donors (Lipinski definition) is 3. The standard InChI is InChI=1S/C17H22N4O3/c1-2-14-13(7-9-18-14)16(23)19-11-3-5-12(6-4-11)21-10-8-15(22)20-17(21)24/h3-6,13-14,18H,2,7-10H2,1H3,(H,19,23)(H,20,22,24). The van der Waals surface area contributed by atoms with E-state index >= 15 is 0 Å². The van der Waals surface area contributed by atoms with Crippen molar-refractivity contribution in [2.24, 2.45) is 5.92 Å². The van der Waals surface area contributed by atoms with Crippen molar-refractivity contribution >= 4 is 29.2 Å². The second-order valence-corrected chi connectivity index (χ2v) is 6.16. The highest BCUT2D eigenvalue weighted by Gasteiger charge is 2.31. The highest BCUT2D eigenvalue weighted by atomic mass is 16.2. The molecule has 3 rings (SSSR count). The summed E-state index contributed by atoms with van der Waals surface area (Å²) in [6, 6.07) is 6.93. The van der Waals surface area contributed by atoms with Crippen molar-refractivity contribution in [2.75, 3.05) is 23.3 Å². The molecule has 7 heteroatoms. The lowest BCUT2D eigenvalue weighted by Gasteiger charge is -2.26. The fourth-order valence-corrected chi connectivity index (χ4v) is 3.28. The average Bonchev–Trinajstić information content (AvgIpc) is 3.05. The lowest BCUT2D eigenvalue weighted by molar-refractivity contribution is -0.121. The summed E-state index contributed by atoms with van der Waals surface area (Å²) in [6.07, 6.45) is 2.07. The van der Waals surface area contributed by atoms with Gasteiger partial charge in [-0.05, 0) is 43.7 Å². The van der Waals surface area contributed by atoms with Crippen molar-refractivity contribution < 1.29 is 14.4 Å². The fraction of sp³-hybridized carbons (Fsp3) is 0.471. The number of anilines is 2. The van der Waals surface area contributed by atoms with Crippen LogP contribution in [0.3, 0.4) is 0 Å². The van der Waals surface area contributed by atoms with Crippen molar-refractivity contribution in [1.29, 1.82) is 0 Å². The Hall–Kier alpha value is -2.41. The third-order valence-electron chi connectivity index (χ3n) is 4.62. The van der Waals surface area contributed by atoms with Crippen LogP contribution in [-0.2, 0) is 9.59 Å². The molecule has 2 saturated heterocycles. The zero-order valence-corrected chi connectivity index (χ0v) is 13.7. The van der Waals surface area contributed by atoms with Gasteiger partial charge in [-0.2, -0.15) is 0 Å². The second kappa shape index (κ2) is 7.00. The molecule has 1 aromatic rings. The average molecular weight is 330 g/mol. The van der Waals surface area contributed by atoms with Gasteiger partial charge in [0, 0.05) is 30.4 Å². The van der Waals surface area contributed by atoms with E-state index < -0.39 is 6.03 Å². The van der Waals surface area contributed by atoms with Gasteiger partial charge in [-0.25, -0.2) is 4.79 Å². The van der Waals surface area contributed by atoms with Crippen LogP contribution in [0.2, 0.25) is 0 Å². The van der Waals surface area contributed by atoms with Gasteiger partial charge in [0.15, 0.2) is 0 Å². The van der Waals surface area contributed by atoms with E-state index in [2.05, 4.69) is 22.9 Å². The Balaban J connectivity index is 1.63. The summed E-state index contributed by atoms with van der Waals surface area (Å²) in [5.74, 6) is -0.231. The predicted octanol–water partition coefficient (Wildman–Crippen LogP) is 1.46. The highest BCUT2D eigenvalue weighted by molar-refractivity contribution is 6.05. The van der Waals surface area contributed by atoms with Gasteiger partial charge >= 0.3 is 6.03 Å². The molecule has 0 aromatic heterocycles. The first-order valence-corrected chi connectivity index (χ1v) is 8.34. The number of nitrogens with one attached hydrogen (secondary N) is 3. The Morgan fingerprint density at radius 3 is 2.71 bits per heavy atom. The highest BCUT2D eigenvalue weighted by Crippen LogP contribution is 2.23. The van der Waals surface area contributed by atoms with Crippen LogP contribution in [0.15, 0.2) is 24.3 Å². The van der Waals surface area contributed by atoms with Crippen molar-refractivity contribution in [3.63, 3.8) is 0 Å². The third kappa shape index (κ3) is 3.41. The molecular formula is C17H22N4O3. The molecule has 0 aliphatic carbocycles. The van der Waals surface area contributed by atoms with Gasteiger partial charge in [0.1, 0.15) is 0 Å². The van der Waals surface area contributed by atoms with Crippen molar-refractivity contribution in [3.05, 3.63) is 24.3 Å². The molecule has 1 aromatic carbocycles. The van der Waals surface area contributed by atoms with Gasteiger partial charge in [-0.15, -0.1) is 0 Å². The molecule has 2 aliphatic heterocycles. The Labute approximate surface area is 140 Å². The van der Waals surface area contributed by atoms with E-state index in [0.29, 0.717) is 17.9 Å². The molecule has 2 atom stereocenters. The maximum absolute atomic E-state index is 12.4. The Morgan fingerprint density at radius 2 is 2.04 bits per heavy atom. The van der Waals surface area contributed by atoms with Crippen LogP contribution < -0.4 is 20.9 Å². The summed E-state index contributed by atoms with van der Waals surface area (Å²) in [7, 11) is 0. The quantitative estimate of drug-likeness (QED) is 0.779. The Morgan fingerprint density at radius 1 is 1.29 bits per heavy atom. The molecule has 0 saturated carbocycles. The summed E-state index contributed by atoms with van der Waals surface area (Å²) >= 11 is 0. The van der Waals surface area contributed by atoms with Crippen LogP contribution >= 0.6 is 0 Å². The molecule has 7 nitrogen and oxygen atoms in total. The van der Waals surface area contributed by atoms with E-state index in [1.165, 1.54) is 4.90 Å². The molecule has 24 heavy (non-hydrogen) atoms. The summed E-state index contributed by atoms with van der Waals surface area (Å²) in [6.45, 7) is 3.31. The minimum Gasteiger partial charge on any atom is -0.326 e. The summed E-state index contributed by atoms with van der Waals surface area (Å²) in [5, 5.41) is 8.58. The SMILES string of the molecule is CCC1NCCC1C(=O)Nc1ccc(N2CCC(=O)NC2=O)cc1. The number of urea groups is 1. The van der Waals surface area contributed by atoms with Crippen molar-refractivity contribution in [3.8, 4) is 0 Å². The van der Waals surface area contributed by atoms with E-state index in [9.17, 15) is 14.4 Å². The number of nitrogens with zero attached hydrogens (tertiary/aromatic N) is 1. The minimum atomic E-state index is -0.411. The van der Waals surface area contributed by atoms with Crippen molar-refractivity contribution in [2.45, 2.75) is 32.2 Å². The second-order valence-electron chi connectivity index (χ2n) is 6.16. The Bertz CT molecular complexity index is 644. The number of benzene rings is 1. The van der Waals surface area contributed by atoms with E-state index in [0.717, 1.165) is 19.4 Å². The van der Waals surface area contributed by atoms with Crippen LogP contribution in [0.4, 0.5) is 16.2 Å².